The minimum absolute atomic E-state index is 0.211. The first kappa shape index (κ1) is 10.2. The van der Waals surface area contributed by atoms with Crippen molar-refractivity contribution in [3.8, 4) is 0 Å². The van der Waals surface area contributed by atoms with Gasteiger partial charge in [-0.25, -0.2) is 9.78 Å². The van der Waals surface area contributed by atoms with Gasteiger partial charge in [0.25, 0.3) is 5.56 Å². The van der Waals surface area contributed by atoms with E-state index in [4.69, 9.17) is 5.73 Å². The molecule has 82 valence electrons. The topological polar surface area (TPSA) is 87.2 Å². The maximum absolute atomic E-state index is 11.5. The lowest BCUT2D eigenvalue weighted by Crippen LogP contribution is -2.25. The first-order valence-corrected chi connectivity index (χ1v) is 4.55. The molecule has 2 N–H and O–H groups in total. The quantitative estimate of drug-likeness (QED) is 0.794. The smallest absolute Gasteiger partial charge is 0.406 e. The van der Waals surface area contributed by atoms with Gasteiger partial charge in [0.2, 0.25) is 0 Å². The van der Waals surface area contributed by atoms with Crippen LogP contribution in [0.25, 0.3) is 11.0 Å². The molecule has 1 aromatic carbocycles. The van der Waals surface area contributed by atoms with Crippen LogP contribution in [0, 0.1) is 0 Å². The van der Waals surface area contributed by atoms with Gasteiger partial charge in [0.05, 0.1) is 17.2 Å². The molecular weight excluding hydrogens is 210 g/mol. The van der Waals surface area contributed by atoms with Crippen LogP contribution in [-0.2, 0) is 11.5 Å². The van der Waals surface area contributed by atoms with E-state index in [2.05, 4.69) is 9.72 Å². The molecule has 0 atom stereocenters. The van der Waals surface area contributed by atoms with E-state index in [1.807, 2.05) is 0 Å². The Bertz CT molecular complexity index is 591. The Morgan fingerprint density at radius 2 is 2.19 bits per heavy atom. The largest absolute Gasteiger partial charge is 0.428 e. The third-order valence-corrected chi connectivity index (χ3v) is 2.09. The summed E-state index contributed by atoms with van der Waals surface area (Å²) < 4.78 is 5.88. The van der Waals surface area contributed by atoms with Gasteiger partial charge in [-0.05, 0) is 12.1 Å². The van der Waals surface area contributed by atoms with E-state index in [9.17, 15) is 9.59 Å². The predicted molar refractivity (Wildman–Crippen MR) is 56.7 cm³/mol. The van der Waals surface area contributed by atoms with E-state index in [1.54, 1.807) is 24.3 Å². The number of nitrogens with zero attached hydrogens (tertiary/aromatic N) is 2. The highest BCUT2D eigenvalue weighted by Crippen LogP contribution is 2.07. The van der Waals surface area contributed by atoms with Crippen molar-refractivity contribution in [1.29, 1.82) is 0 Å². The number of ether oxygens (including phenoxy) is 1. The number of carbonyl (C=O) groups excluding carboxylic acids is 1. The average Bonchev–Trinajstić information content (AvgIpc) is 2.27. The molecule has 0 saturated carbocycles. The van der Waals surface area contributed by atoms with Crippen molar-refractivity contribution in [3.63, 3.8) is 0 Å². The molecule has 0 fully saturated rings. The molecule has 0 radical (unpaired) electrons. The van der Waals surface area contributed by atoms with Crippen LogP contribution in [0.15, 0.2) is 35.3 Å². The van der Waals surface area contributed by atoms with Gasteiger partial charge in [-0.1, -0.05) is 12.1 Å². The SMILES string of the molecule is NC(=O)OCn1c(=O)cnc2ccccc21. The monoisotopic (exact) mass is 219 g/mol. The number of fused-ring (bicyclic) bond motifs is 1. The standard InChI is InChI=1S/C10H9N3O3/c11-10(15)16-6-13-8-4-2-1-3-7(8)12-5-9(13)14/h1-5H,6H2,(H2,11,15). The van der Waals surface area contributed by atoms with E-state index >= 15 is 0 Å². The minimum Gasteiger partial charge on any atom is -0.428 e. The molecule has 0 bridgehead atoms. The summed E-state index contributed by atoms with van der Waals surface area (Å²) in [6.07, 6.45) is 0.250. The molecule has 2 aromatic rings. The lowest BCUT2D eigenvalue weighted by atomic mass is 10.3. The molecule has 0 saturated heterocycles. The summed E-state index contributed by atoms with van der Waals surface area (Å²) in [7, 11) is 0. The van der Waals surface area contributed by atoms with Crippen LogP contribution in [0.5, 0.6) is 0 Å². The third kappa shape index (κ3) is 1.85. The number of hydrogen-bond donors (Lipinski definition) is 1. The summed E-state index contributed by atoms with van der Waals surface area (Å²) in [6, 6.07) is 7.05. The Labute approximate surface area is 90.3 Å². The van der Waals surface area contributed by atoms with Gasteiger partial charge in [0, 0.05) is 0 Å². The van der Waals surface area contributed by atoms with Gasteiger partial charge in [0.1, 0.15) is 0 Å². The van der Waals surface area contributed by atoms with Crippen LogP contribution in [0.2, 0.25) is 0 Å². The van der Waals surface area contributed by atoms with Crippen LogP contribution in [-0.4, -0.2) is 15.6 Å². The molecule has 6 heteroatoms. The second-order valence-electron chi connectivity index (χ2n) is 3.11. The average molecular weight is 219 g/mol. The summed E-state index contributed by atoms with van der Waals surface area (Å²) in [4.78, 5) is 26.0. The predicted octanol–water partition coefficient (Wildman–Crippen LogP) is 0.449. The number of para-hydroxylation sites is 2. The number of amides is 1. The number of nitrogens with two attached hydrogens (primary N) is 1. The van der Waals surface area contributed by atoms with E-state index < -0.39 is 6.09 Å². The number of aromatic nitrogens is 2. The van der Waals surface area contributed by atoms with Crippen LogP contribution in [0.3, 0.4) is 0 Å². The lowest BCUT2D eigenvalue weighted by molar-refractivity contribution is 0.124. The van der Waals surface area contributed by atoms with Gasteiger partial charge in [-0.15, -0.1) is 0 Å². The van der Waals surface area contributed by atoms with Crippen LogP contribution in [0.1, 0.15) is 0 Å². The molecule has 0 spiro atoms. The summed E-state index contributed by atoms with van der Waals surface area (Å²) in [5, 5.41) is 0. The van der Waals surface area contributed by atoms with Crippen molar-refractivity contribution >= 4 is 17.1 Å². The summed E-state index contributed by atoms with van der Waals surface area (Å²) in [5.74, 6) is 0. The first-order valence-electron chi connectivity index (χ1n) is 4.55. The van der Waals surface area contributed by atoms with E-state index in [1.165, 1.54) is 10.8 Å². The van der Waals surface area contributed by atoms with E-state index in [-0.39, 0.29) is 12.3 Å². The molecule has 6 nitrogen and oxygen atoms in total. The zero-order valence-corrected chi connectivity index (χ0v) is 8.29. The van der Waals surface area contributed by atoms with Crippen LogP contribution < -0.4 is 11.3 Å². The second-order valence-corrected chi connectivity index (χ2v) is 3.11. The highest BCUT2D eigenvalue weighted by molar-refractivity contribution is 5.74. The summed E-state index contributed by atoms with van der Waals surface area (Å²) in [5.41, 5.74) is 5.74. The van der Waals surface area contributed by atoms with E-state index in [0.29, 0.717) is 11.0 Å². The Hall–Kier alpha value is -2.37. The van der Waals surface area contributed by atoms with Crippen molar-refractivity contribution in [3.05, 3.63) is 40.8 Å². The highest BCUT2D eigenvalue weighted by Gasteiger charge is 2.04. The molecule has 1 aromatic heterocycles. The molecule has 0 aliphatic carbocycles. The number of hydrogen-bond acceptors (Lipinski definition) is 4. The lowest BCUT2D eigenvalue weighted by Gasteiger charge is -2.08. The van der Waals surface area contributed by atoms with Crippen LogP contribution >= 0.6 is 0 Å². The Balaban J connectivity index is 2.53. The first-order chi connectivity index (χ1) is 7.68. The summed E-state index contributed by atoms with van der Waals surface area (Å²) in [6.45, 7) is -0.211. The van der Waals surface area contributed by atoms with Crippen LogP contribution in [0.4, 0.5) is 4.79 Å². The van der Waals surface area contributed by atoms with Gasteiger partial charge < -0.3 is 10.5 Å². The number of primary amides is 1. The zero-order chi connectivity index (χ0) is 11.5. The molecule has 16 heavy (non-hydrogen) atoms. The van der Waals surface area contributed by atoms with E-state index in [0.717, 1.165) is 0 Å². The second kappa shape index (κ2) is 4.01. The fourth-order valence-corrected chi connectivity index (χ4v) is 1.38. The van der Waals surface area contributed by atoms with Gasteiger partial charge in [-0.3, -0.25) is 9.36 Å². The Morgan fingerprint density at radius 3 is 2.94 bits per heavy atom. The number of carbonyl (C=O) groups is 1. The zero-order valence-electron chi connectivity index (χ0n) is 8.29. The third-order valence-electron chi connectivity index (χ3n) is 2.09. The molecule has 0 aliphatic rings. The Morgan fingerprint density at radius 1 is 1.44 bits per heavy atom. The molecular formula is C10H9N3O3. The summed E-state index contributed by atoms with van der Waals surface area (Å²) >= 11 is 0. The maximum atomic E-state index is 11.5. The number of benzene rings is 1. The fraction of sp³-hybridized carbons (Fsp3) is 0.100. The van der Waals surface area contributed by atoms with Crippen molar-refractivity contribution in [2.24, 2.45) is 5.73 Å². The van der Waals surface area contributed by atoms with Crippen molar-refractivity contribution in [1.82, 2.24) is 9.55 Å². The molecule has 0 unspecified atom stereocenters. The molecule has 1 heterocycles. The molecule has 1 amide bonds. The van der Waals surface area contributed by atoms with Gasteiger partial charge >= 0.3 is 6.09 Å². The van der Waals surface area contributed by atoms with Crippen molar-refractivity contribution in [2.45, 2.75) is 6.73 Å². The normalized spacial score (nSPS) is 10.2. The Kier molecular flexibility index (Phi) is 2.55. The maximum Gasteiger partial charge on any atom is 0.406 e. The van der Waals surface area contributed by atoms with Gasteiger partial charge in [0.15, 0.2) is 6.73 Å². The van der Waals surface area contributed by atoms with Crippen molar-refractivity contribution in [2.75, 3.05) is 0 Å². The number of rotatable bonds is 2. The fourth-order valence-electron chi connectivity index (χ4n) is 1.38. The van der Waals surface area contributed by atoms with Gasteiger partial charge in [-0.2, -0.15) is 0 Å². The molecule has 0 aliphatic heterocycles. The molecule has 2 rings (SSSR count). The van der Waals surface area contributed by atoms with Crippen molar-refractivity contribution < 1.29 is 9.53 Å². The highest BCUT2D eigenvalue weighted by atomic mass is 16.6. The minimum atomic E-state index is -0.923.